The fourth-order valence-electron chi connectivity index (χ4n) is 2.19. The SMILES string of the molecule is S=C(NCCc1ccc(Cl)cc1)NNC(=S)NC[C@H]1CCCO1. The molecule has 5 nitrogen and oxygen atoms in total. The third-order valence-corrected chi connectivity index (χ3v) is 4.16. The Morgan fingerprint density at radius 1 is 1.13 bits per heavy atom. The first-order valence-electron chi connectivity index (χ1n) is 7.57. The van der Waals surface area contributed by atoms with Gasteiger partial charge in [-0.1, -0.05) is 23.7 Å². The highest BCUT2D eigenvalue weighted by Crippen LogP contribution is 2.10. The molecule has 1 aliphatic rings. The van der Waals surface area contributed by atoms with Crippen LogP contribution in [0.15, 0.2) is 24.3 Å². The van der Waals surface area contributed by atoms with E-state index < -0.39 is 0 Å². The quantitative estimate of drug-likeness (QED) is 0.465. The van der Waals surface area contributed by atoms with Crippen LogP contribution < -0.4 is 21.5 Å². The molecule has 1 atom stereocenters. The lowest BCUT2D eigenvalue weighted by Crippen LogP contribution is -2.51. The molecule has 8 heteroatoms. The number of hydrogen-bond acceptors (Lipinski definition) is 3. The van der Waals surface area contributed by atoms with Gasteiger partial charge in [-0.25, -0.2) is 0 Å². The molecule has 23 heavy (non-hydrogen) atoms. The van der Waals surface area contributed by atoms with Gasteiger partial charge in [0.25, 0.3) is 0 Å². The second-order valence-electron chi connectivity index (χ2n) is 5.23. The first kappa shape index (κ1) is 18.2. The Bertz CT molecular complexity index is 521. The lowest BCUT2D eigenvalue weighted by Gasteiger charge is -2.16. The highest BCUT2D eigenvalue weighted by molar-refractivity contribution is 7.80. The third-order valence-electron chi connectivity index (χ3n) is 3.42. The van der Waals surface area contributed by atoms with Crippen LogP contribution in [0.1, 0.15) is 18.4 Å². The van der Waals surface area contributed by atoms with Crippen molar-refractivity contribution in [3.05, 3.63) is 34.9 Å². The summed E-state index contributed by atoms with van der Waals surface area (Å²) in [6, 6.07) is 7.77. The van der Waals surface area contributed by atoms with Gasteiger partial charge in [-0.05, 0) is 61.4 Å². The molecule has 126 valence electrons. The number of hydrogen-bond donors (Lipinski definition) is 4. The van der Waals surface area contributed by atoms with Crippen molar-refractivity contribution < 1.29 is 4.74 Å². The third kappa shape index (κ3) is 7.30. The smallest absolute Gasteiger partial charge is 0.185 e. The Kier molecular flexibility index (Phi) is 7.81. The number of thiocarbonyl (C=S) groups is 2. The van der Waals surface area contributed by atoms with Gasteiger partial charge in [0.15, 0.2) is 10.2 Å². The molecule has 0 bridgehead atoms. The van der Waals surface area contributed by atoms with E-state index >= 15 is 0 Å². The fourth-order valence-corrected chi connectivity index (χ4v) is 2.60. The minimum Gasteiger partial charge on any atom is -0.376 e. The zero-order valence-electron chi connectivity index (χ0n) is 12.7. The molecular weight excluding hydrogens is 352 g/mol. The average molecular weight is 373 g/mol. The molecule has 0 spiro atoms. The average Bonchev–Trinajstić information content (AvgIpc) is 3.06. The zero-order valence-corrected chi connectivity index (χ0v) is 15.1. The first-order chi connectivity index (χ1) is 11.1. The molecule has 0 saturated carbocycles. The van der Waals surface area contributed by atoms with E-state index in [1.165, 1.54) is 5.56 Å². The van der Waals surface area contributed by atoms with Gasteiger partial charge in [-0.2, -0.15) is 0 Å². The normalized spacial score (nSPS) is 16.7. The van der Waals surface area contributed by atoms with E-state index in [4.69, 9.17) is 40.8 Å². The summed E-state index contributed by atoms with van der Waals surface area (Å²) in [5.74, 6) is 0. The van der Waals surface area contributed by atoms with E-state index in [0.29, 0.717) is 16.8 Å². The van der Waals surface area contributed by atoms with Crippen molar-refractivity contribution in [2.45, 2.75) is 25.4 Å². The van der Waals surface area contributed by atoms with Crippen LogP contribution in [0.5, 0.6) is 0 Å². The van der Waals surface area contributed by atoms with Crippen LogP contribution in [0.2, 0.25) is 5.02 Å². The Morgan fingerprint density at radius 3 is 2.48 bits per heavy atom. The highest BCUT2D eigenvalue weighted by Gasteiger charge is 2.15. The molecule has 0 amide bonds. The highest BCUT2D eigenvalue weighted by atomic mass is 35.5. The van der Waals surface area contributed by atoms with Crippen molar-refractivity contribution in [1.29, 1.82) is 0 Å². The summed E-state index contributed by atoms with van der Waals surface area (Å²) < 4.78 is 5.51. The van der Waals surface area contributed by atoms with Crippen molar-refractivity contribution in [2.24, 2.45) is 0 Å². The molecular formula is C15H21ClN4OS2. The predicted octanol–water partition coefficient (Wildman–Crippen LogP) is 1.90. The van der Waals surface area contributed by atoms with Crippen molar-refractivity contribution in [3.8, 4) is 0 Å². The number of benzene rings is 1. The summed E-state index contributed by atoms with van der Waals surface area (Å²) in [5.41, 5.74) is 6.91. The Labute approximate surface area is 152 Å². The van der Waals surface area contributed by atoms with Crippen LogP contribution in [0.3, 0.4) is 0 Å². The standard InChI is InChI=1S/C15H21ClN4OS2/c16-12-5-3-11(4-6-12)7-8-17-14(22)19-20-15(23)18-10-13-2-1-9-21-13/h3-6,13H,1-2,7-10H2,(H2,17,19,22)(H2,18,20,23)/t13-/m1/s1. The molecule has 1 aliphatic heterocycles. The van der Waals surface area contributed by atoms with Gasteiger partial charge in [0.05, 0.1) is 6.10 Å². The van der Waals surface area contributed by atoms with E-state index in [2.05, 4.69) is 21.5 Å². The van der Waals surface area contributed by atoms with Crippen LogP contribution in [0, 0.1) is 0 Å². The lowest BCUT2D eigenvalue weighted by atomic mass is 10.1. The van der Waals surface area contributed by atoms with Gasteiger partial charge in [-0.3, -0.25) is 10.9 Å². The van der Waals surface area contributed by atoms with Gasteiger partial charge < -0.3 is 15.4 Å². The Balaban J connectivity index is 1.53. The maximum atomic E-state index is 5.85. The monoisotopic (exact) mass is 372 g/mol. The van der Waals surface area contributed by atoms with E-state index in [9.17, 15) is 0 Å². The molecule has 1 saturated heterocycles. The number of halogens is 1. The molecule has 1 heterocycles. The van der Waals surface area contributed by atoms with Crippen molar-refractivity contribution in [2.75, 3.05) is 19.7 Å². The van der Waals surface area contributed by atoms with Gasteiger partial charge in [0, 0.05) is 24.7 Å². The van der Waals surface area contributed by atoms with Crippen molar-refractivity contribution in [3.63, 3.8) is 0 Å². The van der Waals surface area contributed by atoms with Gasteiger partial charge in [0.1, 0.15) is 0 Å². The van der Waals surface area contributed by atoms with Crippen LogP contribution in [0.4, 0.5) is 0 Å². The molecule has 1 aromatic carbocycles. The number of nitrogens with one attached hydrogen (secondary N) is 4. The second kappa shape index (κ2) is 9.87. The van der Waals surface area contributed by atoms with Crippen LogP contribution >= 0.6 is 36.0 Å². The maximum Gasteiger partial charge on any atom is 0.185 e. The predicted molar refractivity (Wildman–Crippen MR) is 102 cm³/mol. The molecule has 0 aliphatic carbocycles. The summed E-state index contributed by atoms with van der Waals surface area (Å²) >= 11 is 16.2. The topological polar surface area (TPSA) is 57.3 Å². The van der Waals surface area contributed by atoms with Gasteiger partial charge in [0.2, 0.25) is 0 Å². The summed E-state index contributed by atoms with van der Waals surface area (Å²) in [4.78, 5) is 0. The van der Waals surface area contributed by atoms with Gasteiger partial charge >= 0.3 is 0 Å². The summed E-state index contributed by atoms with van der Waals surface area (Å²) in [7, 11) is 0. The van der Waals surface area contributed by atoms with E-state index in [-0.39, 0.29) is 6.10 Å². The minimum absolute atomic E-state index is 0.249. The molecule has 2 rings (SSSR count). The molecule has 0 radical (unpaired) electrons. The second-order valence-corrected chi connectivity index (χ2v) is 6.48. The molecule has 4 N–H and O–H groups in total. The van der Waals surface area contributed by atoms with E-state index in [1.807, 2.05) is 24.3 Å². The lowest BCUT2D eigenvalue weighted by molar-refractivity contribution is 0.114. The number of hydrazine groups is 1. The van der Waals surface area contributed by atoms with E-state index in [1.54, 1.807) is 0 Å². The molecule has 1 aromatic rings. The Hall–Kier alpha value is -1.15. The molecule has 0 aromatic heterocycles. The summed E-state index contributed by atoms with van der Waals surface area (Å²) in [6.45, 7) is 2.28. The van der Waals surface area contributed by atoms with Gasteiger partial charge in [-0.15, -0.1) is 0 Å². The van der Waals surface area contributed by atoms with Crippen LogP contribution in [-0.2, 0) is 11.2 Å². The van der Waals surface area contributed by atoms with Crippen LogP contribution in [-0.4, -0.2) is 36.0 Å². The van der Waals surface area contributed by atoms with Crippen molar-refractivity contribution in [1.82, 2.24) is 21.5 Å². The summed E-state index contributed by atoms with van der Waals surface area (Å²) in [5, 5.41) is 7.96. The Morgan fingerprint density at radius 2 is 1.83 bits per heavy atom. The fraction of sp³-hybridized carbons (Fsp3) is 0.467. The molecule has 0 unspecified atom stereocenters. The maximum absolute atomic E-state index is 5.85. The van der Waals surface area contributed by atoms with E-state index in [0.717, 1.165) is 37.4 Å². The minimum atomic E-state index is 0.249. The first-order valence-corrected chi connectivity index (χ1v) is 8.76. The largest absolute Gasteiger partial charge is 0.376 e. The molecule has 1 fully saturated rings. The van der Waals surface area contributed by atoms with Crippen molar-refractivity contribution >= 4 is 46.3 Å². The summed E-state index contributed by atoms with van der Waals surface area (Å²) in [6.07, 6.45) is 3.31. The number of ether oxygens (including phenoxy) is 1. The zero-order chi connectivity index (χ0) is 16.5. The van der Waals surface area contributed by atoms with Crippen LogP contribution in [0.25, 0.3) is 0 Å². The number of rotatable bonds is 5.